The van der Waals surface area contributed by atoms with E-state index in [1.807, 2.05) is 0 Å². The fourth-order valence-corrected chi connectivity index (χ4v) is 2.99. The Hall–Kier alpha value is 0. The van der Waals surface area contributed by atoms with E-state index in [1.54, 1.807) is 0 Å². The van der Waals surface area contributed by atoms with Crippen LogP contribution < -0.4 is 0 Å². The van der Waals surface area contributed by atoms with Gasteiger partial charge in [0.2, 0.25) is 0 Å². The van der Waals surface area contributed by atoms with Crippen molar-refractivity contribution in [3.63, 3.8) is 0 Å². The van der Waals surface area contributed by atoms with Crippen LogP contribution in [-0.2, 0) is 0 Å². The van der Waals surface area contributed by atoms with Gasteiger partial charge in [0.15, 0.2) is 0 Å². The van der Waals surface area contributed by atoms with Crippen LogP contribution in [0.5, 0.6) is 0 Å². The Kier molecular flexibility index (Phi) is 3.20. The minimum Gasteiger partial charge on any atom is -0.0651 e. The van der Waals surface area contributed by atoms with Gasteiger partial charge >= 0.3 is 0 Å². The average Bonchev–Trinajstić information content (AvgIpc) is 2.89. The Morgan fingerprint density at radius 1 is 1.00 bits per heavy atom. The highest BCUT2D eigenvalue weighted by molar-refractivity contribution is 4.97. The maximum absolute atomic E-state index is 2.37. The van der Waals surface area contributed by atoms with Gasteiger partial charge in [0, 0.05) is 0 Å². The summed E-state index contributed by atoms with van der Waals surface area (Å²) in [6.45, 7) is 9.46. The van der Waals surface area contributed by atoms with Crippen molar-refractivity contribution in [3.05, 3.63) is 0 Å². The lowest BCUT2D eigenvalue weighted by Crippen LogP contribution is -2.21. The average molecular weight is 168 g/mol. The topological polar surface area (TPSA) is 0 Å². The van der Waals surface area contributed by atoms with Crippen LogP contribution in [0.2, 0.25) is 0 Å². The first-order valence-electron chi connectivity index (χ1n) is 5.74. The summed E-state index contributed by atoms with van der Waals surface area (Å²) < 4.78 is 0. The van der Waals surface area contributed by atoms with Crippen molar-refractivity contribution in [1.29, 1.82) is 0 Å². The molecule has 0 spiro atoms. The van der Waals surface area contributed by atoms with Crippen molar-refractivity contribution in [2.24, 2.45) is 17.3 Å². The minimum atomic E-state index is 0.709. The van der Waals surface area contributed by atoms with E-state index in [0.717, 1.165) is 11.8 Å². The molecule has 0 nitrogen and oxygen atoms in total. The lowest BCUT2D eigenvalue weighted by molar-refractivity contribution is 0.194. The third kappa shape index (κ3) is 1.53. The molecule has 72 valence electrons. The first-order chi connectivity index (χ1) is 5.74. The van der Waals surface area contributed by atoms with Gasteiger partial charge in [-0.2, -0.15) is 0 Å². The molecule has 0 aliphatic heterocycles. The summed E-state index contributed by atoms with van der Waals surface area (Å²) in [5, 5.41) is 0. The molecule has 0 bridgehead atoms. The predicted molar refractivity (Wildman–Crippen MR) is 55.2 cm³/mol. The van der Waals surface area contributed by atoms with E-state index in [-0.39, 0.29) is 0 Å². The molecule has 12 heavy (non-hydrogen) atoms. The number of hydrogen-bond acceptors (Lipinski definition) is 0. The predicted octanol–water partition coefficient (Wildman–Crippen LogP) is 4.25. The molecule has 2 unspecified atom stereocenters. The van der Waals surface area contributed by atoms with Gasteiger partial charge in [0.25, 0.3) is 0 Å². The van der Waals surface area contributed by atoms with Crippen LogP contribution in [0.3, 0.4) is 0 Å². The molecule has 1 saturated carbocycles. The van der Waals surface area contributed by atoms with E-state index >= 15 is 0 Å². The second-order valence-corrected chi connectivity index (χ2v) is 4.43. The van der Waals surface area contributed by atoms with Crippen LogP contribution in [0.1, 0.15) is 59.8 Å². The fraction of sp³-hybridized carbons (Fsp3) is 1.00. The van der Waals surface area contributed by atoms with Gasteiger partial charge in [0.1, 0.15) is 0 Å². The standard InChI is InChI=1S/C12H24/c1-5-10-9-11(10)12(6-2,7-3)8-4/h10-11H,5-9H2,1-4H3. The molecule has 0 aromatic heterocycles. The van der Waals surface area contributed by atoms with Crippen molar-refractivity contribution < 1.29 is 0 Å². The molecule has 1 aliphatic rings. The van der Waals surface area contributed by atoms with Gasteiger partial charge in [-0.15, -0.1) is 0 Å². The molecule has 2 atom stereocenters. The maximum atomic E-state index is 2.37. The highest BCUT2D eigenvalue weighted by atomic mass is 14.5. The summed E-state index contributed by atoms with van der Waals surface area (Å²) in [7, 11) is 0. The quantitative estimate of drug-likeness (QED) is 0.575. The molecule has 0 heteroatoms. The van der Waals surface area contributed by atoms with Crippen molar-refractivity contribution in [3.8, 4) is 0 Å². The van der Waals surface area contributed by atoms with Gasteiger partial charge in [-0.25, -0.2) is 0 Å². The van der Waals surface area contributed by atoms with Gasteiger partial charge in [0.05, 0.1) is 0 Å². The minimum absolute atomic E-state index is 0.709. The molecule has 0 radical (unpaired) electrons. The van der Waals surface area contributed by atoms with Gasteiger partial charge < -0.3 is 0 Å². The van der Waals surface area contributed by atoms with Crippen LogP contribution in [0, 0.1) is 17.3 Å². The molecular formula is C12H24. The zero-order chi connectivity index (χ0) is 9.19. The molecule has 1 aliphatic carbocycles. The first-order valence-corrected chi connectivity index (χ1v) is 5.74. The van der Waals surface area contributed by atoms with E-state index in [0.29, 0.717) is 5.41 Å². The first kappa shape index (κ1) is 10.1. The third-order valence-electron chi connectivity index (χ3n) is 4.35. The Balaban J connectivity index is 2.55. The molecule has 0 saturated heterocycles. The zero-order valence-corrected chi connectivity index (χ0v) is 9.19. The largest absolute Gasteiger partial charge is 0.0651 e. The molecule has 0 aromatic carbocycles. The Labute approximate surface area is 77.7 Å². The lowest BCUT2D eigenvalue weighted by Gasteiger charge is -2.31. The number of hydrogen-bond donors (Lipinski definition) is 0. The van der Waals surface area contributed by atoms with E-state index in [9.17, 15) is 0 Å². The van der Waals surface area contributed by atoms with Crippen LogP contribution in [0.4, 0.5) is 0 Å². The van der Waals surface area contributed by atoms with Crippen molar-refractivity contribution in [1.82, 2.24) is 0 Å². The van der Waals surface area contributed by atoms with Crippen LogP contribution in [0.15, 0.2) is 0 Å². The highest BCUT2D eigenvalue weighted by Crippen LogP contribution is 2.57. The molecular weight excluding hydrogens is 144 g/mol. The maximum Gasteiger partial charge on any atom is -0.0274 e. The summed E-state index contributed by atoms with van der Waals surface area (Å²) >= 11 is 0. The summed E-state index contributed by atoms with van der Waals surface area (Å²) in [4.78, 5) is 0. The van der Waals surface area contributed by atoms with Crippen molar-refractivity contribution >= 4 is 0 Å². The summed E-state index contributed by atoms with van der Waals surface area (Å²) in [6, 6.07) is 0. The second-order valence-electron chi connectivity index (χ2n) is 4.43. The SMILES string of the molecule is CCC1CC1C(CC)(CC)CC. The number of rotatable bonds is 5. The van der Waals surface area contributed by atoms with Crippen LogP contribution in [-0.4, -0.2) is 0 Å². The summed E-state index contributed by atoms with van der Waals surface area (Å²) in [6.07, 6.45) is 7.10. The summed E-state index contributed by atoms with van der Waals surface area (Å²) in [5.74, 6) is 2.15. The van der Waals surface area contributed by atoms with Gasteiger partial charge in [-0.3, -0.25) is 0 Å². The van der Waals surface area contributed by atoms with Crippen LogP contribution >= 0.6 is 0 Å². The van der Waals surface area contributed by atoms with Crippen molar-refractivity contribution in [2.45, 2.75) is 59.8 Å². The highest BCUT2D eigenvalue weighted by Gasteiger charge is 2.48. The van der Waals surface area contributed by atoms with E-state index in [1.165, 1.54) is 32.1 Å². The Morgan fingerprint density at radius 2 is 1.50 bits per heavy atom. The molecule has 1 rings (SSSR count). The van der Waals surface area contributed by atoms with E-state index in [2.05, 4.69) is 27.7 Å². The van der Waals surface area contributed by atoms with Crippen molar-refractivity contribution in [2.75, 3.05) is 0 Å². The van der Waals surface area contributed by atoms with Gasteiger partial charge in [-0.1, -0.05) is 53.4 Å². The smallest absolute Gasteiger partial charge is 0.0274 e. The molecule has 0 aromatic rings. The lowest BCUT2D eigenvalue weighted by atomic mass is 9.74. The molecule has 0 heterocycles. The Bertz CT molecular complexity index is 125. The second kappa shape index (κ2) is 3.81. The monoisotopic (exact) mass is 168 g/mol. The van der Waals surface area contributed by atoms with Gasteiger partial charge in [-0.05, 0) is 23.7 Å². The normalized spacial score (nSPS) is 29.0. The van der Waals surface area contributed by atoms with E-state index in [4.69, 9.17) is 0 Å². The third-order valence-corrected chi connectivity index (χ3v) is 4.35. The fourth-order valence-electron chi connectivity index (χ4n) is 2.99. The Morgan fingerprint density at radius 3 is 1.75 bits per heavy atom. The summed E-state index contributed by atoms with van der Waals surface area (Å²) in [5.41, 5.74) is 0.709. The molecule has 0 N–H and O–H groups in total. The molecule has 1 fully saturated rings. The zero-order valence-electron chi connectivity index (χ0n) is 9.19. The van der Waals surface area contributed by atoms with E-state index < -0.39 is 0 Å². The van der Waals surface area contributed by atoms with Crippen LogP contribution in [0.25, 0.3) is 0 Å². The molecule has 0 amide bonds.